The molecule has 1 heterocycles. The Bertz CT molecular complexity index is 2750. The Morgan fingerprint density at radius 2 is 0.941 bits per heavy atom. The Labute approximate surface area is 302 Å². The lowest BCUT2D eigenvalue weighted by Crippen LogP contribution is -2.15. The van der Waals surface area contributed by atoms with Crippen molar-refractivity contribution in [3.63, 3.8) is 0 Å². The number of nitrogens with zero attached hydrogens (tertiary/aromatic N) is 1. The third-order valence-electron chi connectivity index (χ3n) is 10.9. The second-order valence-electron chi connectivity index (χ2n) is 14.2. The first kappa shape index (κ1) is 29.9. The fourth-order valence-corrected chi connectivity index (χ4v) is 9.35. The maximum atomic E-state index is 2.40. The van der Waals surface area contributed by atoms with E-state index in [9.17, 15) is 0 Å². The summed E-state index contributed by atoms with van der Waals surface area (Å²) in [5.74, 6) is 0. The van der Waals surface area contributed by atoms with Crippen molar-refractivity contribution in [3.05, 3.63) is 187 Å². The number of fused-ring (bicyclic) bond motifs is 7. The Morgan fingerprint density at radius 1 is 0.392 bits per heavy atom. The van der Waals surface area contributed by atoms with E-state index in [0.717, 1.165) is 17.1 Å². The molecule has 0 atom stereocenters. The monoisotopic (exact) mass is 669 g/mol. The molecule has 10 rings (SSSR count). The van der Waals surface area contributed by atoms with E-state index < -0.39 is 0 Å². The molecule has 0 saturated heterocycles. The molecular weight excluding hydrogens is 635 g/mol. The molecule has 0 N–H and O–H groups in total. The van der Waals surface area contributed by atoms with Crippen LogP contribution in [-0.4, -0.2) is 0 Å². The smallest absolute Gasteiger partial charge is 0.0468 e. The second-order valence-corrected chi connectivity index (χ2v) is 15.3. The molecule has 51 heavy (non-hydrogen) atoms. The number of thiophene rings is 1. The Kier molecular flexibility index (Phi) is 6.78. The molecule has 1 nitrogen and oxygen atoms in total. The highest BCUT2D eigenvalue weighted by molar-refractivity contribution is 7.25. The van der Waals surface area contributed by atoms with E-state index >= 15 is 0 Å². The van der Waals surface area contributed by atoms with Crippen molar-refractivity contribution in [2.45, 2.75) is 19.3 Å². The molecule has 1 aromatic heterocycles. The summed E-state index contributed by atoms with van der Waals surface area (Å²) in [6.45, 7) is 4.68. The number of rotatable bonds is 5. The molecule has 0 unspecified atom stereocenters. The van der Waals surface area contributed by atoms with Crippen molar-refractivity contribution in [3.8, 4) is 33.4 Å². The summed E-state index contributed by atoms with van der Waals surface area (Å²) in [4.78, 5) is 2.40. The number of benzene rings is 8. The van der Waals surface area contributed by atoms with Crippen LogP contribution in [0.2, 0.25) is 0 Å². The number of hydrogen-bond acceptors (Lipinski definition) is 2. The summed E-state index contributed by atoms with van der Waals surface area (Å²) in [7, 11) is 0. The van der Waals surface area contributed by atoms with Crippen LogP contribution in [0, 0.1) is 0 Å². The van der Waals surface area contributed by atoms with Crippen LogP contribution in [0.4, 0.5) is 17.1 Å². The van der Waals surface area contributed by atoms with Gasteiger partial charge in [-0.1, -0.05) is 135 Å². The van der Waals surface area contributed by atoms with Crippen molar-refractivity contribution in [1.82, 2.24) is 0 Å². The third-order valence-corrected chi connectivity index (χ3v) is 12.0. The Balaban J connectivity index is 1.06. The van der Waals surface area contributed by atoms with Crippen LogP contribution in [0.1, 0.15) is 25.0 Å². The number of hydrogen-bond donors (Lipinski definition) is 0. The van der Waals surface area contributed by atoms with Crippen LogP contribution in [0.15, 0.2) is 176 Å². The minimum atomic E-state index is -0.0305. The molecule has 0 radical (unpaired) electrons. The van der Waals surface area contributed by atoms with Crippen LogP contribution >= 0.6 is 11.3 Å². The zero-order chi connectivity index (χ0) is 34.1. The lowest BCUT2D eigenvalue weighted by molar-refractivity contribution is 0.660. The van der Waals surface area contributed by atoms with Gasteiger partial charge in [0.1, 0.15) is 0 Å². The highest BCUT2D eigenvalue weighted by Crippen LogP contribution is 2.50. The van der Waals surface area contributed by atoms with E-state index in [1.807, 2.05) is 11.3 Å². The van der Waals surface area contributed by atoms with Crippen LogP contribution in [-0.2, 0) is 5.41 Å². The van der Waals surface area contributed by atoms with Gasteiger partial charge in [0, 0.05) is 42.6 Å². The summed E-state index contributed by atoms with van der Waals surface area (Å²) in [6.07, 6.45) is 0. The van der Waals surface area contributed by atoms with Gasteiger partial charge in [0.2, 0.25) is 0 Å². The van der Waals surface area contributed by atoms with Crippen molar-refractivity contribution < 1.29 is 0 Å². The van der Waals surface area contributed by atoms with Crippen LogP contribution in [0.25, 0.3) is 64.3 Å². The lowest BCUT2D eigenvalue weighted by atomic mass is 9.82. The maximum absolute atomic E-state index is 2.40. The van der Waals surface area contributed by atoms with Crippen LogP contribution in [0.3, 0.4) is 0 Å². The SMILES string of the molecule is CC1(C)c2ccccc2-c2cc(N(c3ccc(-c4ccccc4)cc3)c3ccc(-c4ccc5c(c4)sc4cc6ccccc6cc45)cc3)ccc21. The zero-order valence-electron chi connectivity index (χ0n) is 28.6. The first-order chi connectivity index (χ1) is 25.0. The molecule has 0 saturated carbocycles. The van der Waals surface area contributed by atoms with Gasteiger partial charge in [-0.3, -0.25) is 0 Å². The minimum absolute atomic E-state index is 0.0305. The first-order valence-corrected chi connectivity index (χ1v) is 18.5. The average Bonchev–Trinajstić information content (AvgIpc) is 3.65. The van der Waals surface area contributed by atoms with E-state index in [2.05, 4.69) is 195 Å². The van der Waals surface area contributed by atoms with Gasteiger partial charge in [-0.15, -0.1) is 11.3 Å². The Hall–Kier alpha value is -5.96. The van der Waals surface area contributed by atoms with Gasteiger partial charge in [-0.25, -0.2) is 0 Å². The molecule has 0 spiro atoms. The van der Waals surface area contributed by atoms with E-state index in [1.165, 1.54) is 75.5 Å². The van der Waals surface area contributed by atoms with E-state index in [0.29, 0.717) is 0 Å². The van der Waals surface area contributed by atoms with Gasteiger partial charge in [-0.2, -0.15) is 0 Å². The van der Waals surface area contributed by atoms with E-state index in [-0.39, 0.29) is 5.41 Å². The molecule has 0 fully saturated rings. The summed E-state index contributed by atoms with van der Waals surface area (Å²) < 4.78 is 2.66. The molecule has 0 aliphatic heterocycles. The van der Waals surface area contributed by atoms with Crippen LogP contribution < -0.4 is 4.90 Å². The lowest BCUT2D eigenvalue weighted by Gasteiger charge is -2.27. The van der Waals surface area contributed by atoms with Crippen molar-refractivity contribution >= 4 is 59.3 Å². The minimum Gasteiger partial charge on any atom is -0.310 e. The van der Waals surface area contributed by atoms with Gasteiger partial charge in [0.25, 0.3) is 0 Å². The van der Waals surface area contributed by atoms with Gasteiger partial charge in [0.15, 0.2) is 0 Å². The quantitative estimate of drug-likeness (QED) is 0.176. The molecule has 8 aromatic carbocycles. The second kappa shape index (κ2) is 11.6. The van der Waals surface area contributed by atoms with Crippen molar-refractivity contribution in [2.24, 2.45) is 0 Å². The molecule has 0 amide bonds. The normalized spacial score (nSPS) is 13.1. The standard InChI is InChI=1S/C49H35NS/c1-49(2)45-15-9-8-14-41(45)43-31-40(25-27-46(43)49)50(38-21-16-33(17-22-38)32-10-4-3-5-11-32)39-23-18-34(19-24-39)37-20-26-42-44-28-35-12-6-7-13-36(35)29-48(44)51-47(42)30-37/h3-31H,1-2H3. The molecule has 2 heteroatoms. The molecular formula is C49H35NS. The zero-order valence-corrected chi connectivity index (χ0v) is 29.4. The molecule has 9 aromatic rings. The molecule has 1 aliphatic rings. The number of anilines is 3. The predicted octanol–water partition coefficient (Wildman–Crippen LogP) is 14.3. The van der Waals surface area contributed by atoms with Crippen LogP contribution in [0.5, 0.6) is 0 Å². The van der Waals surface area contributed by atoms with E-state index in [1.54, 1.807) is 0 Å². The molecule has 242 valence electrons. The highest BCUT2D eigenvalue weighted by atomic mass is 32.1. The van der Waals surface area contributed by atoms with Crippen molar-refractivity contribution in [1.29, 1.82) is 0 Å². The molecule has 1 aliphatic carbocycles. The summed E-state index contributed by atoms with van der Waals surface area (Å²) in [5.41, 5.74) is 13.7. The third kappa shape index (κ3) is 4.90. The summed E-state index contributed by atoms with van der Waals surface area (Å²) in [6, 6.07) is 64.8. The summed E-state index contributed by atoms with van der Waals surface area (Å²) in [5, 5.41) is 5.25. The fraction of sp³-hybridized carbons (Fsp3) is 0.0612. The van der Waals surface area contributed by atoms with Gasteiger partial charge in [0.05, 0.1) is 0 Å². The average molecular weight is 670 g/mol. The highest BCUT2D eigenvalue weighted by Gasteiger charge is 2.35. The van der Waals surface area contributed by atoms with Gasteiger partial charge < -0.3 is 4.90 Å². The topological polar surface area (TPSA) is 3.24 Å². The largest absolute Gasteiger partial charge is 0.310 e. The predicted molar refractivity (Wildman–Crippen MR) is 220 cm³/mol. The fourth-order valence-electron chi connectivity index (χ4n) is 8.17. The van der Waals surface area contributed by atoms with Crippen molar-refractivity contribution in [2.75, 3.05) is 4.90 Å². The van der Waals surface area contributed by atoms with E-state index in [4.69, 9.17) is 0 Å². The summed E-state index contributed by atoms with van der Waals surface area (Å²) >= 11 is 1.88. The van der Waals surface area contributed by atoms with Gasteiger partial charge in [-0.05, 0) is 110 Å². The Morgan fingerprint density at radius 3 is 1.69 bits per heavy atom. The van der Waals surface area contributed by atoms with Gasteiger partial charge >= 0.3 is 0 Å². The molecule has 0 bridgehead atoms. The first-order valence-electron chi connectivity index (χ1n) is 17.7. The maximum Gasteiger partial charge on any atom is 0.0468 e.